The second kappa shape index (κ2) is 8.07. The Hall–Kier alpha value is -3.92. The van der Waals surface area contributed by atoms with Gasteiger partial charge in [-0.05, 0) is 36.4 Å². The lowest BCUT2D eigenvalue weighted by molar-refractivity contribution is -0.385. The molecule has 7 nitrogen and oxygen atoms in total. The van der Waals surface area contributed by atoms with Crippen molar-refractivity contribution in [1.29, 1.82) is 0 Å². The first-order chi connectivity index (χ1) is 14.9. The number of ether oxygens (including phenoxy) is 1. The number of fused-ring (bicyclic) bond motifs is 1. The van der Waals surface area contributed by atoms with Crippen molar-refractivity contribution in [2.24, 2.45) is 0 Å². The van der Waals surface area contributed by atoms with Crippen LogP contribution in [0.5, 0.6) is 5.75 Å². The third-order valence-corrected chi connectivity index (χ3v) is 5.24. The van der Waals surface area contributed by atoms with Gasteiger partial charge in [0, 0.05) is 34.8 Å². The zero-order valence-corrected chi connectivity index (χ0v) is 16.7. The highest BCUT2D eigenvalue weighted by Gasteiger charge is 2.20. The van der Waals surface area contributed by atoms with E-state index in [0.717, 1.165) is 12.1 Å². The van der Waals surface area contributed by atoms with Crippen LogP contribution in [0.3, 0.4) is 0 Å². The first-order valence-electron chi connectivity index (χ1n) is 8.84. The number of nitro groups is 1. The second-order valence-corrected chi connectivity index (χ2v) is 7.27. The van der Waals surface area contributed by atoms with Gasteiger partial charge in [-0.2, -0.15) is 0 Å². The number of rotatable bonds is 6. The highest BCUT2D eigenvalue weighted by atomic mass is 32.1. The number of carbonyl (C=O) groups is 1. The summed E-state index contributed by atoms with van der Waals surface area (Å²) >= 11 is 1.34. The van der Waals surface area contributed by atoms with E-state index in [-0.39, 0.29) is 17.0 Å². The van der Waals surface area contributed by atoms with Crippen molar-refractivity contribution in [3.63, 3.8) is 0 Å². The molecule has 0 aliphatic heterocycles. The summed E-state index contributed by atoms with van der Waals surface area (Å²) in [5.41, 5.74) is 0.986. The zero-order chi connectivity index (χ0) is 22.1. The minimum Gasteiger partial charge on any atom is -0.490 e. The van der Waals surface area contributed by atoms with Gasteiger partial charge in [0.15, 0.2) is 16.5 Å². The molecule has 0 unspecified atom stereocenters. The van der Waals surface area contributed by atoms with Crippen LogP contribution in [0.25, 0.3) is 22.3 Å². The molecule has 2 heterocycles. The van der Waals surface area contributed by atoms with Crippen LogP contribution in [0, 0.1) is 21.7 Å². The summed E-state index contributed by atoms with van der Waals surface area (Å²) in [7, 11) is 1.34. The van der Waals surface area contributed by atoms with E-state index in [1.54, 1.807) is 22.0 Å². The molecule has 0 N–H and O–H groups in total. The summed E-state index contributed by atoms with van der Waals surface area (Å²) in [6, 6.07) is 7.00. The van der Waals surface area contributed by atoms with Gasteiger partial charge < -0.3 is 4.74 Å². The van der Waals surface area contributed by atoms with Crippen LogP contribution in [-0.4, -0.2) is 27.2 Å². The summed E-state index contributed by atoms with van der Waals surface area (Å²) < 4.78 is 33.6. The predicted molar refractivity (Wildman–Crippen MR) is 111 cm³/mol. The Kier molecular flexibility index (Phi) is 5.30. The highest BCUT2D eigenvalue weighted by Crippen LogP contribution is 2.34. The van der Waals surface area contributed by atoms with E-state index in [9.17, 15) is 23.7 Å². The number of benzene rings is 2. The number of halogens is 2. The first kappa shape index (κ1) is 20.4. The third-order valence-electron chi connectivity index (χ3n) is 4.49. The van der Waals surface area contributed by atoms with Gasteiger partial charge in [-0.3, -0.25) is 19.3 Å². The van der Waals surface area contributed by atoms with Gasteiger partial charge in [-0.1, -0.05) is 0 Å². The van der Waals surface area contributed by atoms with Crippen molar-refractivity contribution in [3.8, 4) is 17.0 Å². The summed E-state index contributed by atoms with van der Waals surface area (Å²) in [6.07, 6.45) is 4.38. The fraction of sp³-hybridized carbons (Fsp3) is 0.0476. The molecule has 0 aliphatic carbocycles. The van der Waals surface area contributed by atoms with Crippen LogP contribution in [0.4, 0.5) is 14.5 Å². The van der Waals surface area contributed by atoms with E-state index in [0.29, 0.717) is 28.0 Å². The fourth-order valence-electron chi connectivity index (χ4n) is 3.10. The molecule has 31 heavy (non-hydrogen) atoms. The number of ketones is 1. The predicted octanol–water partition coefficient (Wildman–Crippen LogP) is 5.15. The minimum atomic E-state index is -0.854. The lowest BCUT2D eigenvalue weighted by Crippen LogP contribution is -1.97. The molecule has 0 saturated heterocycles. The molecule has 0 atom stereocenters. The molecule has 0 radical (unpaired) electrons. The maximum atomic E-state index is 13.4. The van der Waals surface area contributed by atoms with Crippen molar-refractivity contribution in [2.45, 2.75) is 0 Å². The minimum absolute atomic E-state index is 0.107. The smallest absolute Gasteiger partial charge is 0.311 e. The molecule has 10 heteroatoms. The normalized spacial score (nSPS) is 11.3. The van der Waals surface area contributed by atoms with Gasteiger partial charge >= 0.3 is 5.69 Å². The van der Waals surface area contributed by atoms with E-state index in [2.05, 4.69) is 4.98 Å². The van der Waals surface area contributed by atoms with E-state index >= 15 is 0 Å². The average molecular weight is 441 g/mol. The van der Waals surface area contributed by atoms with Crippen molar-refractivity contribution in [2.75, 3.05) is 7.11 Å². The first-order valence-corrected chi connectivity index (χ1v) is 9.72. The summed E-state index contributed by atoms with van der Waals surface area (Å²) in [5.74, 6) is -2.20. The Labute approximate surface area is 178 Å². The molecule has 2 aromatic carbocycles. The standard InChI is InChI=1S/C21H13F2N3O4S/c1-30-19-5-2-12(10-17(19)26(28)29)20-16(25-6-7-31-21(25)24-20)3-4-18(27)13-8-14(22)11-15(23)9-13/h2-11H,1H3/b4-3+. The number of nitrogens with zero attached hydrogens (tertiary/aromatic N) is 3. The van der Waals surface area contributed by atoms with Gasteiger partial charge in [-0.25, -0.2) is 13.8 Å². The van der Waals surface area contributed by atoms with Crippen molar-refractivity contribution in [1.82, 2.24) is 9.38 Å². The number of nitro benzene ring substituents is 1. The Morgan fingerprint density at radius 1 is 1.23 bits per heavy atom. The highest BCUT2D eigenvalue weighted by molar-refractivity contribution is 7.15. The van der Waals surface area contributed by atoms with Crippen LogP contribution in [0.2, 0.25) is 0 Å². The molecule has 0 fully saturated rings. The van der Waals surface area contributed by atoms with Gasteiger partial charge in [0.1, 0.15) is 11.6 Å². The monoisotopic (exact) mass is 441 g/mol. The molecule has 0 saturated carbocycles. The number of methoxy groups -OCH3 is 1. The number of carbonyl (C=O) groups excluding carboxylic acids is 1. The molecule has 156 valence electrons. The number of allylic oxidation sites excluding steroid dienone is 1. The lowest BCUT2D eigenvalue weighted by Gasteiger charge is -2.05. The average Bonchev–Trinajstić information content (AvgIpc) is 3.32. The molecule has 0 spiro atoms. The number of hydrogen-bond donors (Lipinski definition) is 0. The Morgan fingerprint density at radius 3 is 2.65 bits per heavy atom. The maximum absolute atomic E-state index is 13.4. The molecule has 0 bridgehead atoms. The van der Waals surface area contributed by atoms with Crippen molar-refractivity contribution < 1.29 is 23.2 Å². The molecular formula is C21H13F2N3O4S. The lowest BCUT2D eigenvalue weighted by atomic mass is 10.1. The van der Waals surface area contributed by atoms with E-state index < -0.39 is 22.3 Å². The van der Waals surface area contributed by atoms with Gasteiger partial charge in [-0.15, -0.1) is 11.3 Å². The van der Waals surface area contributed by atoms with Crippen molar-refractivity contribution in [3.05, 3.63) is 87.1 Å². The van der Waals surface area contributed by atoms with Crippen LogP contribution < -0.4 is 4.74 Å². The maximum Gasteiger partial charge on any atom is 0.311 e. The largest absolute Gasteiger partial charge is 0.490 e. The fourth-order valence-corrected chi connectivity index (χ4v) is 3.82. The summed E-state index contributed by atoms with van der Waals surface area (Å²) in [5, 5.41) is 13.2. The summed E-state index contributed by atoms with van der Waals surface area (Å²) in [4.78, 5) is 28.4. The molecular weight excluding hydrogens is 428 g/mol. The topological polar surface area (TPSA) is 86.7 Å². The Morgan fingerprint density at radius 2 is 1.97 bits per heavy atom. The molecule has 4 aromatic rings. The van der Waals surface area contributed by atoms with Crippen LogP contribution in [0.15, 0.2) is 54.1 Å². The molecule has 0 aliphatic rings. The number of imidazole rings is 1. The van der Waals surface area contributed by atoms with Crippen molar-refractivity contribution >= 4 is 33.8 Å². The van der Waals surface area contributed by atoms with Gasteiger partial charge in [0.25, 0.3) is 0 Å². The number of aromatic nitrogens is 2. The second-order valence-electron chi connectivity index (χ2n) is 6.40. The Bertz CT molecular complexity index is 1340. The van der Waals surface area contributed by atoms with E-state index in [4.69, 9.17) is 4.74 Å². The van der Waals surface area contributed by atoms with E-state index in [1.807, 2.05) is 0 Å². The molecule has 2 aromatic heterocycles. The number of hydrogen-bond acceptors (Lipinski definition) is 6. The third kappa shape index (κ3) is 3.92. The molecule has 4 rings (SSSR count). The van der Waals surface area contributed by atoms with E-state index in [1.165, 1.54) is 42.7 Å². The van der Waals surface area contributed by atoms with Crippen LogP contribution >= 0.6 is 11.3 Å². The summed E-state index contributed by atoms with van der Waals surface area (Å²) in [6.45, 7) is 0. The Balaban J connectivity index is 1.79. The zero-order valence-electron chi connectivity index (χ0n) is 15.9. The van der Waals surface area contributed by atoms with Gasteiger partial charge in [0.2, 0.25) is 0 Å². The quantitative estimate of drug-likeness (QED) is 0.179. The SMILES string of the molecule is COc1ccc(-c2nc3sccn3c2/C=C/C(=O)c2cc(F)cc(F)c2)cc1[N+](=O)[O-]. The van der Waals surface area contributed by atoms with Crippen LogP contribution in [-0.2, 0) is 0 Å². The molecule has 0 amide bonds. The van der Waals surface area contributed by atoms with Crippen LogP contribution in [0.1, 0.15) is 16.1 Å². The number of thiazole rings is 1. The van der Waals surface area contributed by atoms with Gasteiger partial charge in [0.05, 0.1) is 23.4 Å².